The number of methoxy groups -OCH3 is 1. The van der Waals surface area contributed by atoms with E-state index in [0.717, 1.165) is 36.0 Å². The fourth-order valence-corrected chi connectivity index (χ4v) is 3.03. The zero-order chi connectivity index (χ0) is 13.8. The lowest BCUT2D eigenvalue weighted by molar-refractivity contribution is 0.143. The predicted octanol–water partition coefficient (Wildman–Crippen LogP) is 3.22. The van der Waals surface area contributed by atoms with Crippen molar-refractivity contribution in [3.8, 4) is 0 Å². The van der Waals surface area contributed by atoms with Crippen LogP contribution in [0.15, 0.2) is 18.2 Å². The molecule has 1 aromatic carbocycles. The zero-order valence-corrected chi connectivity index (χ0v) is 12.5. The highest BCUT2D eigenvalue weighted by Gasteiger charge is 2.21. The lowest BCUT2D eigenvalue weighted by Crippen LogP contribution is -2.37. The fraction of sp³-hybridized carbons (Fsp3) is 0.600. The Morgan fingerprint density at radius 3 is 2.95 bits per heavy atom. The van der Waals surface area contributed by atoms with E-state index in [9.17, 15) is 0 Å². The molecule has 0 bridgehead atoms. The van der Waals surface area contributed by atoms with Crippen LogP contribution in [0.2, 0.25) is 5.02 Å². The second kappa shape index (κ2) is 6.60. The fourth-order valence-electron chi connectivity index (χ4n) is 2.72. The Bertz CT molecular complexity index is 421. The molecule has 2 N–H and O–H groups in total. The third kappa shape index (κ3) is 3.62. The van der Waals surface area contributed by atoms with Crippen LogP contribution in [-0.2, 0) is 4.74 Å². The average Bonchev–Trinajstić information content (AvgIpc) is 2.39. The van der Waals surface area contributed by atoms with Crippen LogP contribution in [0.5, 0.6) is 0 Å². The van der Waals surface area contributed by atoms with E-state index < -0.39 is 0 Å². The van der Waals surface area contributed by atoms with Crippen molar-refractivity contribution < 1.29 is 4.74 Å². The molecule has 106 valence electrons. The second-order valence-electron chi connectivity index (χ2n) is 5.41. The Labute approximate surface area is 120 Å². The lowest BCUT2D eigenvalue weighted by atomic mass is 9.98. The van der Waals surface area contributed by atoms with Crippen molar-refractivity contribution in [2.75, 3.05) is 31.7 Å². The van der Waals surface area contributed by atoms with Gasteiger partial charge in [0, 0.05) is 26.2 Å². The number of nitrogens with zero attached hydrogens (tertiary/aromatic N) is 1. The quantitative estimate of drug-likeness (QED) is 0.921. The Balaban J connectivity index is 2.12. The van der Waals surface area contributed by atoms with E-state index in [2.05, 4.69) is 17.0 Å². The van der Waals surface area contributed by atoms with E-state index in [4.69, 9.17) is 22.1 Å². The number of benzene rings is 1. The maximum atomic E-state index is 6.40. The first kappa shape index (κ1) is 14.6. The van der Waals surface area contributed by atoms with Gasteiger partial charge in [-0.15, -0.1) is 0 Å². The van der Waals surface area contributed by atoms with Gasteiger partial charge in [0.2, 0.25) is 0 Å². The third-order valence-corrected chi connectivity index (χ3v) is 4.06. The van der Waals surface area contributed by atoms with Gasteiger partial charge in [0.1, 0.15) is 0 Å². The van der Waals surface area contributed by atoms with Crippen molar-refractivity contribution in [1.29, 1.82) is 0 Å². The molecule has 0 saturated carbocycles. The molecule has 0 aromatic heterocycles. The average molecular weight is 283 g/mol. The number of nitrogens with two attached hydrogens (primary N) is 1. The van der Waals surface area contributed by atoms with Crippen LogP contribution in [-0.4, -0.2) is 26.8 Å². The Hall–Kier alpha value is -0.770. The van der Waals surface area contributed by atoms with Crippen molar-refractivity contribution in [1.82, 2.24) is 0 Å². The van der Waals surface area contributed by atoms with Crippen LogP contribution in [0.25, 0.3) is 0 Å². The monoisotopic (exact) mass is 282 g/mol. The highest BCUT2D eigenvalue weighted by atomic mass is 35.5. The number of hydrogen-bond donors (Lipinski definition) is 1. The van der Waals surface area contributed by atoms with E-state index in [0.29, 0.717) is 5.92 Å². The summed E-state index contributed by atoms with van der Waals surface area (Å²) in [5.74, 6) is 0.600. The van der Waals surface area contributed by atoms with Crippen LogP contribution in [0.1, 0.15) is 31.4 Å². The second-order valence-corrected chi connectivity index (χ2v) is 5.82. The van der Waals surface area contributed by atoms with E-state index in [1.165, 1.54) is 12.8 Å². The molecule has 1 saturated heterocycles. The minimum Gasteiger partial charge on any atom is -0.384 e. The Morgan fingerprint density at radius 2 is 2.32 bits per heavy atom. The molecule has 1 fully saturated rings. The summed E-state index contributed by atoms with van der Waals surface area (Å²) in [5, 5.41) is 0.799. The number of halogens is 1. The summed E-state index contributed by atoms with van der Waals surface area (Å²) in [7, 11) is 1.77. The van der Waals surface area contributed by atoms with Crippen molar-refractivity contribution in [2.45, 2.75) is 25.8 Å². The minimum atomic E-state index is 0.0224. The lowest BCUT2D eigenvalue weighted by Gasteiger charge is -2.34. The van der Waals surface area contributed by atoms with Crippen LogP contribution >= 0.6 is 11.6 Å². The first-order chi connectivity index (χ1) is 9.11. The molecule has 1 aromatic rings. The van der Waals surface area contributed by atoms with Gasteiger partial charge >= 0.3 is 0 Å². The maximum absolute atomic E-state index is 6.40. The van der Waals surface area contributed by atoms with Crippen molar-refractivity contribution >= 4 is 17.3 Å². The first-order valence-electron chi connectivity index (χ1n) is 6.90. The van der Waals surface area contributed by atoms with Crippen molar-refractivity contribution in [2.24, 2.45) is 11.7 Å². The third-order valence-electron chi connectivity index (χ3n) is 3.76. The molecule has 0 radical (unpaired) electrons. The number of piperidine rings is 1. The van der Waals surface area contributed by atoms with E-state index in [-0.39, 0.29) is 6.04 Å². The number of anilines is 1. The van der Waals surface area contributed by atoms with Gasteiger partial charge in [-0.1, -0.05) is 17.7 Å². The summed E-state index contributed by atoms with van der Waals surface area (Å²) in [5.41, 5.74) is 8.08. The molecule has 4 heteroatoms. The van der Waals surface area contributed by atoms with Gasteiger partial charge in [-0.05, 0) is 43.4 Å². The van der Waals surface area contributed by atoms with Crippen molar-refractivity contribution in [3.05, 3.63) is 28.8 Å². The summed E-state index contributed by atoms with van der Waals surface area (Å²) in [6.45, 7) is 4.88. The molecular weight excluding hydrogens is 260 g/mol. The number of rotatable bonds is 4. The topological polar surface area (TPSA) is 38.5 Å². The molecule has 2 atom stereocenters. The summed E-state index contributed by atoms with van der Waals surface area (Å²) in [6, 6.07) is 6.18. The normalized spacial score (nSPS) is 21.5. The molecule has 1 heterocycles. The zero-order valence-electron chi connectivity index (χ0n) is 11.7. The van der Waals surface area contributed by atoms with Gasteiger partial charge in [-0.25, -0.2) is 0 Å². The Morgan fingerprint density at radius 1 is 1.53 bits per heavy atom. The van der Waals surface area contributed by atoms with E-state index in [1.807, 2.05) is 13.0 Å². The summed E-state index contributed by atoms with van der Waals surface area (Å²) in [6.07, 6.45) is 2.43. The summed E-state index contributed by atoms with van der Waals surface area (Å²) < 4.78 is 5.27. The van der Waals surface area contributed by atoms with Gasteiger partial charge < -0.3 is 15.4 Å². The smallest absolute Gasteiger partial charge is 0.0642 e. The molecule has 0 amide bonds. The summed E-state index contributed by atoms with van der Waals surface area (Å²) in [4.78, 5) is 2.36. The largest absolute Gasteiger partial charge is 0.384 e. The molecule has 1 aliphatic rings. The number of hydrogen-bond acceptors (Lipinski definition) is 3. The van der Waals surface area contributed by atoms with Gasteiger partial charge in [-0.2, -0.15) is 0 Å². The molecular formula is C15H23ClN2O. The van der Waals surface area contributed by atoms with E-state index >= 15 is 0 Å². The minimum absolute atomic E-state index is 0.0224. The molecule has 19 heavy (non-hydrogen) atoms. The van der Waals surface area contributed by atoms with E-state index in [1.54, 1.807) is 7.11 Å². The van der Waals surface area contributed by atoms with Crippen LogP contribution in [0.4, 0.5) is 5.69 Å². The molecule has 0 aliphatic carbocycles. The van der Waals surface area contributed by atoms with Gasteiger partial charge in [0.25, 0.3) is 0 Å². The predicted molar refractivity (Wildman–Crippen MR) is 80.9 cm³/mol. The SMILES string of the molecule is COCC1CCCN(c2ccc(C(C)N)cc2Cl)C1. The Kier molecular flexibility index (Phi) is 5.08. The number of ether oxygens (including phenoxy) is 1. The molecule has 1 aliphatic heterocycles. The highest BCUT2D eigenvalue weighted by Crippen LogP contribution is 2.31. The van der Waals surface area contributed by atoms with Gasteiger partial charge in [0.05, 0.1) is 17.3 Å². The van der Waals surface area contributed by atoms with Crippen molar-refractivity contribution in [3.63, 3.8) is 0 Å². The van der Waals surface area contributed by atoms with Crippen LogP contribution < -0.4 is 10.6 Å². The van der Waals surface area contributed by atoms with Crippen LogP contribution in [0, 0.1) is 5.92 Å². The highest BCUT2D eigenvalue weighted by molar-refractivity contribution is 6.33. The maximum Gasteiger partial charge on any atom is 0.0642 e. The van der Waals surface area contributed by atoms with Gasteiger partial charge in [0.15, 0.2) is 0 Å². The van der Waals surface area contributed by atoms with Crippen LogP contribution in [0.3, 0.4) is 0 Å². The molecule has 3 nitrogen and oxygen atoms in total. The molecule has 2 rings (SSSR count). The molecule has 0 spiro atoms. The standard InChI is InChI=1S/C15H23ClN2O/c1-11(17)13-5-6-15(14(16)8-13)18-7-3-4-12(9-18)10-19-2/h5-6,8,11-12H,3-4,7,9-10,17H2,1-2H3. The molecule has 2 unspecified atom stereocenters. The van der Waals surface area contributed by atoms with Gasteiger partial charge in [-0.3, -0.25) is 0 Å². The summed E-state index contributed by atoms with van der Waals surface area (Å²) >= 11 is 6.40. The first-order valence-corrected chi connectivity index (χ1v) is 7.28.